The fraction of sp³-hybridized carbons (Fsp3) is 0.300. The van der Waals surface area contributed by atoms with Crippen LogP contribution in [0.1, 0.15) is 23.2 Å². The molecule has 2 rings (SSSR count). The van der Waals surface area contributed by atoms with Gasteiger partial charge in [0.25, 0.3) is 0 Å². The van der Waals surface area contributed by atoms with E-state index in [0.717, 1.165) is 12.8 Å². The molecule has 0 atom stereocenters. The van der Waals surface area contributed by atoms with E-state index in [1.165, 1.54) is 18.2 Å². The molecular formula is C10H11NO4S. The van der Waals surface area contributed by atoms with Crippen molar-refractivity contribution in [1.82, 2.24) is 0 Å². The van der Waals surface area contributed by atoms with Crippen molar-refractivity contribution in [3.05, 3.63) is 23.8 Å². The molecule has 0 aliphatic heterocycles. The Hall–Kier alpha value is -1.40. The summed E-state index contributed by atoms with van der Waals surface area (Å²) in [6.45, 7) is 0. The zero-order valence-electron chi connectivity index (χ0n) is 8.42. The first-order valence-electron chi connectivity index (χ1n) is 4.79. The fourth-order valence-corrected chi connectivity index (χ4v) is 1.85. The van der Waals surface area contributed by atoms with Crippen LogP contribution in [-0.4, -0.2) is 20.8 Å². The van der Waals surface area contributed by atoms with Gasteiger partial charge in [-0.15, -0.1) is 0 Å². The molecule has 2 N–H and O–H groups in total. The summed E-state index contributed by atoms with van der Waals surface area (Å²) in [5.41, 5.74) is 0.238. The number of carbonyl (C=O) groups is 1. The molecule has 0 heterocycles. The van der Waals surface area contributed by atoms with Crippen LogP contribution in [0.4, 0.5) is 0 Å². The molecule has 0 unspecified atom stereocenters. The number of rotatable bonds is 4. The molecule has 5 nitrogen and oxygen atoms in total. The maximum absolute atomic E-state index is 11.2. The van der Waals surface area contributed by atoms with E-state index in [1.54, 1.807) is 0 Å². The van der Waals surface area contributed by atoms with Crippen molar-refractivity contribution in [2.75, 3.05) is 0 Å². The first-order chi connectivity index (χ1) is 7.49. The van der Waals surface area contributed by atoms with E-state index >= 15 is 0 Å². The third-order valence-electron chi connectivity index (χ3n) is 2.19. The summed E-state index contributed by atoms with van der Waals surface area (Å²) in [6.07, 6.45) is 2.61. The van der Waals surface area contributed by atoms with Gasteiger partial charge in [0.15, 0.2) is 0 Å². The monoisotopic (exact) mass is 241 g/mol. The van der Waals surface area contributed by atoms with Gasteiger partial charge in [-0.3, -0.25) is 4.79 Å². The van der Waals surface area contributed by atoms with Crippen molar-refractivity contribution < 1.29 is 17.9 Å². The van der Waals surface area contributed by atoms with Gasteiger partial charge in [0.1, 0.15) is 12.0 Å². The summed E-state index contributed by atoms with van der Waals surface area (Å²) in [4.78, 5) is 10.5. The van der Waals surface area contributed by atoms with Gasteiger partial charge in [-0.05, 0) is 25.0 Å². The number of carbonyl (C=O) groups excluding carboxylic acids is 1. The van der Waals surface area contributed by atoms with E-state index < -0.39 is 10.0 Å². The van der Waals surface area contributed by atoms with E-state index in [1.807, 2.05) is 0 Å². The second kappa shape index (κ2) is 3.88. The molecule has 1 aliphatic rings. The van der Waals surface area contributed by atoms with Crippen molar-refractivity contribution in [3.63, 3.8) is 0 Å². The average Bonchev–Trinajstić information content (AvgIpc) is 3.00. The van der Waals surface area contributed by atoms with Crippen LogP contribution in [0, 0.1) is 0 Å². The maximum Gasteiger partial charge on any atom is 0.238 e. The lowest BCUT2D eigenvalue weighted by molar-refractivity contribution is 0.112. The first kappa shape index (κ1) is 11.1. The highest BCUT2D eigenvalue weighted by Gasteiger charge is 2.24. The molecule has 6 heteroatoms. The molecule has 0 spiro atoms. The number of aldehydes is 1. The van der Waals surface area contributed by atoms with Crippen LogP contribution in [-0.2, 0) is 10.0 Å². The van der Waals surface area contributed by atoms with Crippen LogP contribution >= 0.6 is 0 Å². The standard InChI is InChI=1S/C10H11NO4S/c11-16(13,14)10-4-7(6-12)3-9(5-10)15-8-1-2-8/h3-6,8H,1-2H2,(H2,11,13,14). The van der Waals surface area contributed by atoms with Crippen molar-refractivity contribution in [2.24, 2.45) is 5.14 Å². The second-order valence-electron chi connectivity index (χ2n) is 3.72. The maximum atomic E-state index is 11.2. The van der Waals surface area contributed by atoms with Crippen LogP contribution in [0.25, 0.3) is 0 Å². The summed E-state index contributed by atoms with van der Waals surface area (Å²) >= 11 is 0. The summed E-state index contributed by atoms with van der Waals surface area (Å²) in [7, 11) is -3.81. The molecule has 1 aliphatic carbocycles. The van der Waals surface area contributed by atoms with E-state index in [-0.39, 0.29) is 16.6 Å². The SMILES string of the molecule is NS(=O)(=O)c1cc(C=O)cc(OC2CC2)c1. The number of primary sulfonamides is 1. The number of ether oxygens (including phenoxy) is 1. The molecule has 0 amide bonds. The number of hydrogen-bond donors (Lipinski definition) is 1. The van der Waals surface area contributed by atoms with Crippen LogP contribution in [0.2, 0.25) is 0 Å². The molecule has 0 saturated heterocycles. The topological polar surface area (TPSA) is 86.5 Å². The highest BCUT2D eigenvalue weighted by molar-refractivity contribution is 7.89. The summed E-state index contributed by atoms with van der Waals surface area (Å²) in [5.74, 6) is 0.371. The quantitative estimate of drug-likeness (QED) is 0.785. The van der Waals surface area contributed by atoms with Gasteiger partial charge in [0.2, 0.25) is 10.0 Å². The Morgan fingerprint density at radius 1 is 1.31 bits per heavy atom. The average molecular weight is 241 g/mol. The van der Waals surface area contributed by atoms with Crippen LogP contribution in [0.5, 0.6) is 5.75 Å². The van der Waals surface area contributed by atoms with Gasteiger partial charge in [-0.25, -0.2) is 13.6 Å². The van der Waals surface area contributed by atoms with Gasteiger partial charge < -0.3 is 4.74 Å². The predicted molar refractivity (Wildman–Crippen MR) is 56.9 cm³/mol. The minimum absolute atomic E-state index is 0.104. The minimum Gasteiger partial charge on any atom is -0.490 e. The van der Waals surface area contributed by atoms with Crippen LogP contribution in [0.3, 0.4) is 0 Å². The van der Waals surface area contributed by atoms with Gasteiger partial charge >= 0.3 is 0 Å². The van der Waals surface area contributed by atoms with Crippen molar-refractivity contribution >= 4 is 16.3 Å². The van der Waals surface area contributed by atoms with E-state index in [4.69, 9.17) is 9.88 Å². The molecule has 1 aromatic rings. The van der Waals surface area contributed by atoms with Gasteiger partial charge in [-0.1, -0.05) is 0 Å². The summed E-state index contributed by atoms with van der Waals surface area (Å²) < 4.78 is 27.7. The number of nitrogens with two attached hydrogens (primary N) is 1. The molecular weight excluding hydrogens is 230 g/mol. The third kappa shape index (κ3) is 2.59. The lowest BCUT2D eigenvalue weighted by Crippen LogP contribution is -2.13. The molecule has 86 valence electrons. The molecule has 1 saturated carbocycles. The molecule has 0 bridgehead atoms. The van der Waals surface area contributed by atoms with E-state index in [2.05, 4.69) is 0 Å². The highest BCUT2D eigenvalue weighted by atomic mass is 32.2. The van der Waals surface area contributed by atoms with Crippen molar-refractivity contribution in [1.29, 1.82) is 0 Å². The smallest absolute Gasteiger partial charge is 0.238 e. The normalized spacial score (nSPS) is 15.8. The van der Waals surface area contributed by atoms with Gasteiger partial charge in [0.05, 0.1) is 11.0 Å². The Balaban J connectivity index is 2.41. The Morgan fingerprint density at radius 2 is 2.00 bits per heavy atom. The summed E-state index contributed by atoms with van der Waals surface area (Å²) in [5, 5.41) is 5.00. The van der Waals surface area contributed by atoms with Gasteiger partial charge in [0, 0.05) is 11.6 Å². The first-order valence-corrected chi connectivity index (χ1v) is 6.33. The lowest BCUT2D eigenvalue weighted by atomic mass is 10.2. The zero-order valence-corrected chi connectivity index (χ0v) is 9.24. The van der Waals surface area contributed by atoms with Crippen molar-refractivity contribution in [3.8, 4) is 5.75 Å². The second-order valence-corrected chi connectivity index (χ2v) is 5.28. The van der Waals surface area contributed by atoms with Crippen LogP contribution < -0.4 is 9.88 Å². The molecule has 0 radical (unpaired) electrons. The Morgan fingerprint density at radius 3 is 2.50 bits per heavy atom. The lowest BCUT2D eigenvalue weighted by Gasteiger charge is -2.07. The number of sulfonamides is 1. The fourth-order valence-electron chi connectivity index (χ4n) is 1.27. The zero-order chi connectivity index (χ0) is 11.8. The van der Waals surface area contributed by atoms with Crippen LogP contribution in [0.15, 0.2) is 23.1 Å². The Bertz CT molecular complexity index is 520. The van der Waals surface area contributed by atoms with Crippen molar-refractivity contribution in [2.45, 2.75) is 23.8 Å². The minimum atomic E-state index is -3.81. The third-order valence-corrected chi connectivity index (χ3v) is 3.09. The van der Waals surface area contributed by atoms with E-state index in [0.29, 0.717) is 12.0 Å². The molecule has 1 aromatic carbocycles. The molecule has 0 aromatic heterocycles. The molecule has 16 heavy (non-hydrogen) atoms. The highest BCUT2D eigenvalue weighted by Crippen LogP contribution is 2.28. The largest absolute Gasteiger partial charge is 0.490 e. The molecule has 1 fully saturated rings. The predicted octanol–water partition coefficient (Wildman–Crippen LogP) is 0.688. The van der Waals surface area contributed by atoms with E-state index in [9.17, 15) is 13.2 Å². The summed E-state index contributed by atoms with van der Waals surface area (Å²) in [6, 6.07) is 4.06. The number of benzene rings is 1. The van der Waals surface area contributed by atoms with Gasteiger partial charge in [-0.2, -0.15) is 0 Å². The Labute approximate surface area is 93.3 Å². The Kier molecular flexibility index (Phi) is 2.69. The number of hydrogen-bond acceptors (Lipinski definition) is 4.